The molecule has 1 amide bonds. The normalized spacial score (nSPS) is 10.7. The predicted molar refractivity (Wildman–Crippen MR) is 89.6 cm³/mol. The maximum atomic E-state index is 12.0. The van der Waals surface area contributed by atoms with Crippen LogP contribution in [0.1, 0.15) is 50.9 Å². The summed E-state index contributed by atoms with van der Waals surface area (Å²) >= 11 is 0. The largest absolute Gasteiger partial charge is 0.494 e. The highest BCUT2D eigenvalue weighted by Gasteiger charge is 2.08. The molecule has 0 aliphatic carbocycles. The average molecular weight is 321 g/mol. The molecule has 0 heterocycles. The molecule has 1 aromatic rings. The third-order valence-electron chi connectivity index (χ3n) is 3.06. The van der Waals surface area contributed by atoms with Gasteiger partial charge in [-0.15, -0.1) is 0 Å². The van der Waals surface area contributed by atoms with E-state index in [1.165, 1.54) is 0 Å². The summed E-state index contributed by atoms with van der Waals surface area (Å²) < 4.78 is 10.6. The van der Waals surface area contributed by atoms with Gasteiger partial charge >= 0.3 is 5.97 Å². The van der Waals surface area contributed by atoms with E-state index >= 15 is 0 Å². The molecular formula is C18H27NO4. The molecule has 0 saturated heterocycles. The lowest BCUT2D eigenvalue weighted by molar-refractivity contribution is -0.147. The van der Waals surface area contributed by atoms with Crippen LogP contribution in [0, 0.1) is 5.92 Å². The van der Waals surface area contributed by atoms with Gasteiger partial charge in [0.25, 0.3) is 5.91 Å². The summed E-state index contributed by atoms with van der Waals surface area (Å²) in [5.74, 6) is 0.829. The summed E-state index contributed by atoms with van der Waals surface area (Å²) in [4.78, 5) is 23.3. The lowest BCUT2D eigenvalue weighted by Crippen LogP contribution is -2.27. The smallest absolute Gasteiger partial charge is 0.307 e. The fraction of sp³-hybridized carbons (Fsp3) is 0.556. The van der Waals surface area contributed by atoms with Crippen molar-refractivity contribution < 1.29 is 19.1 Å². The highest BCUT2D eigenvalue weighted by Crippen LogP contribution is 2.13. The summed E-state index contributed by atoms with van der Waals surface area (Å²) in [6.45, 7) is 8.81. The molecule has 1 N–H and O–H groups in total. The molecule has 0 saturated carbocycles. The van der Waals surface area contributed by atoms with Gasteiger partial charge in [0.15, 0.2) is 0 Å². The number of hydrogen-bond donors (Lipinski definition) is 1. The van der Waals surface area contributed by atoms with Crippen LogP contribution in [0.15, 0.2) is 24.3 Å². The van der Waals surface area contributed by atoms with Crippen LogP contribution in [0.3, 0.4) is 0 Å². The van der Waals surface area contributed by atoms with E-state index in [2.05, 4.69) is 19.2 Å². The number of carbonyl (C=O) groups is 2. The van der Waals surface area contributed by atoms with Crippen LogP contribution < -0.4 is 10.1 Å². The molecule has 5 heteroatoms. The molecule has 5 nitrogen and oxygen atoms in total. The van der Waals surface area contributed by atoms with Gasteiger partial charge in [0, 0.05) is 12.1 Å². The molecule has 0 radical (unpaired) electrons. The Labute approximate surface area is 138 Å². The van der Waals surface area contributed by atoms with Crippen molar-refractivity contribution in [3.8, 4) is 5.75 Å². The standard InChI is InChI=1S/C18H27NO4/c1-13(2)10-12-22-16-7-5-15(6-8-16)18(21)19-11-9-17(20)23-14(3)4/h5-8,13-14H,9-12H2,1-4H3,(H,19,21). The minimum atomic E-state index is -0.311. The number of esters is 1. The Morgan fingerprint density at radius 1 is 1.09 bits per heavy atom. The topological polar surface area (TPSA) is 64.6 Å². The van der Waals surface area contributed by atoms with Crippen molar-refractivity contribution in [1.29, 1.82) is 0 Å². The predicted octanol–water partition coefficient (Wildman–Crippen LogP) is 3.18. The number of nitrogens with one attached hydrogen (secondary N) is 1. The van der Waals surface area contributed by atoms with E-state index in [0.717, 1.165) is 12.2 Å². The Bertz CT molecular complexity index is 494. The minimum absolute atomic E-state index is 0.138. The second kappa shape index (κ2) is 9.87. The summed E-state index contributed by atoms with van der Waals surface area (Å²) in [5.41, 5.74) is 0.540. The molecule has 0 aromatic heterocycles. The van der Waals surface area contributed by atoms with E-state index in [0.29, 0.717) is 18.1 Å². The Hall–Kier alpha value is -2.04. The molecule has 0 bridgehead atoms. The summed E-state index contributed by atoms with van der Waals surface area (Å²) in [6, 6.07) is 6.99. The van der Waals surface area contributed by atoms with Crippen LogP contribution in [-0.4, -0.2) is 31.1 Å². The lowest BCUT2D eigenvalue weighted by atomic mass is 10.1. The second-order valence-electron chi connectivity index (χ2n) is 6.10. The number of ether oxygens (including phenoxy) is 2. The van der Waals surface area contributed by atoms with Crippen molar-refractivity contribution >= 4 is 11.9 Å². The van der Waals surface area contributed by atoms with Gasteiger partial charge in [-0.25, -0.2) is 0 Å². The first kappa shape index (κ1) is 19.0. The van der Waals surface area contributed by atoms with Gasteiger partial charge in [0.1, 0.15) is 5.75 Å². The first-order chi connectivity index (χ1) is 10.9. The van der Waals surface area contributed by atoms with Crippen LogP contribution in [0.4, 0.5) is 0 Å². The van der Waals surface area contributed by atoms with E-state index in [9.17, 15) is 9.59 Å². The lowest BCUT2D eigenvalue weighted by Gasteiger charge is -2.10. The Morgan fingerprint density at radius 3 is 2.30 bits per heavy atom. The van der Waals surface area contributed by atoms with Crippen LogP contribution in [0.25, 0.3) is 0 Å². The van der Waals surface area contributed by atoms with Gasteiger partial charge in [0.05, 0.1) is 19.1 Å². The average Bonchev–Trinajstić information content (AvgIpc) is 2.46. The fourth-order valence-electron chi connectivity index (χ4n) is 1.82. The van der Waals surface area contributed by atoms with Gasteiger partial charge < -0.3 is 14.8 Å². The molecule has 0 unspecified atom stereocenters. The maximum absolute atomic E-state index is 12.0. The zero-order chi connectivity index (χ0) is 17.2. The van der Waals surface area contributed by atoms with Crippen molar-refractivity contribution in [3.63, 3.8) is 0 Å². The third-order valence-corrected chi connectivity index (χ3v) is 3.06. The van der Waals surface area contributed by atoms with Crippen LogP contribution >= 0.6 is 0 Å². The molecule has 0 aliphatic rings. The van der Waals surface area contributed by atoms with Gasteiger partial charge in [-0.05, 0) is 50.5 Å². The van der Waals surface area contributed by atoms with Crippen molar-refractivity contribution in [1.82, 2.24) is 5.32 Å². The molecule has 0 spiro atoms. The van der Waals surface area contributed by atoms with Crippen molar-refractivity contribution in [2.24, 2.45) is 5.92 Å². The number of hydrogen-bond acceptors (Lipinski definition) is 4. The Morgan fingerprint density at radius 2 is 1.74 bits per heavy atom. The number of rotatable bonds is 9. The van der Waals surface area contributed by atoms with Gasteiger partial charge in [-0.1, -0.05) is 13.8 Å². The van der Waals surface area contributed by atoms with Crippen LogP contribution in [0.5, 0.6) is 5.75 Å². The maximum Gasteiger partial charge on any atom is 0.307 e. The zero-order valence-electron chi connectivity index (χ0n) is 14.4. The molecule has 23 heavy (non-hydrogen) atoms. The van der Waals surface area contributed by atoms with E-state index in [-0.39, 0.29) is 30.9 Å². The number of benzene rings is 1. The van der Waals surface area contributed by atoms with Crippen molar-refractivity contribution in [2.45, 2.75) is 46.6 Å². The first-order valence-electron chi connectivity index (χ1n) is 8.09. The highest BCUT2D eigenvalue weighted by molar-refractivity contribution is 5.94. The monoisotopic (exact) mass is 321 g/mol. The summed E-state index contributed by atoms with van der Waals surface area (Å²) in [6.07, 6.45) is 1.02. The third kappa shape index (κ3) is 8.24. The molecule has 1 aromatic carbocycles. The Kier molecular flexibility index (Phi) is 8.16. The summed E-state index contributed by atoms with van der Waals surface area (Å²) in [7, 11) is 0. The number of amides is 1. The molecular weight excluding hydrogens is 294 g/mol. The molecule has 0 aliphatic heterocycles. The quantitative estimate of drug-likeness (QED) is 0.710. The molecule has 0 atom stereocenters. The van der Waals surface area contributed by atoms with Gasteiger partial charge in [-0.2, -0.15) is 0 Å². The van der Waals surface area contributed by atoms with E-state index in [1.807, 2.05) is 0 Å². The van der Waals surface area contributed by atoms with Crippen LogP contribution in [0.2, 0.25) is 0 Å². The first-order valence-corrected chi connectivity index (χ1v) is 8.09. The summed E-state index contributed by atoms with van der Waals surface area (Å²) in [5, 5.41) is 2.70. The fourth-order valence-corrected chi connectivity index (χ4v) is 1.82. The van der Waals surface area contributed by atoms with E-state index < -0.39 is 0 Å². The number of carbonyl (C=O) groups excluding carboxylic acids is 2. The Balaban J connectivity index is 2.35. The second-order valence-corrected chi connectivity index (χ2v) is 6.10. The molecule has 0 fully saturated rings. The minimum Gasteiger partial charge on any atom is -0.494 e. The van der Waals surface area contributed by atoms with E-state index in [1.54, 1.807) is 38.1 Å². The van der Waals surface area contributed by atoms with Crippen LogP contribution in [-0.2, 0) is 9.53 Å². The van der Waals surface area contributed by atoms with Gasteiger partial charge in [0.2, 0.25) is 0 Å². The van der Waals surface area contributed by atoms with E-state index in [4.69, 9.17) is 9.47 Å². The molecule has 128 valence electrons. The SMILES string of the molecule is CC(C)CCOc1ccc(C(=O)NCCC(=O)OC(C)C)cc1. The zero-order valence-corrected chi connectivity index (χ0v) is 14.4. The highest BCUT2D eigenvalue weighted by atomic mass is 16.5. The molecule has 1 rings (SSSR count). The van der Waals surface area contributed by atoms with Crippen molar-refractivity contribution in [2.75, 3.05) is 13.2 Å². The van der Waals surface area contributed by atoms with Crippen molar-refractivity contribution in [3.05, 3.63) is 29.8 Å². The van der Waals surface area contributed by atoms with Gasteiger partial charge in [-0.3, -0.25) is 9.59 Å².